The second-order valence-corrected chi connectivity index (χ2v) is 3.28. The predicted molar refractivity (Wildman–Crippen MR) is 58.0 cm³/mol. The fourth-order valence-electron chi connectivity index (χ4n) is 1.69. The van der Waals surface area contributed by atoms with Crippen LogP contribution in [0.15, 0.2) is 18.3 Å². The zero-order valence-corrected chi connectivity index (χ0v) is 9.01. The van der Waals surface area contributed by atoms with Crippen LogP contribution in [-0.2, 0) is 0 Å². The Morgan fingerprint density at radius 2 is 2.36 bits per heavy atom. The van der Waals surface area contributed by atoms with Crippen LogP contribution in [0.3, 0.4) is 0 Å². The van der Waals surface area contributed by atoms with Crippen LogP contribution in [0.4, 0.5) is 0 Å². The van der Waals surface area contributed by atoms with E-state index >= 15 is 0 Å². The Bertz CT molecular complexity index is 270. The van der Waals surface area contributed by atoms with E-state index in [4.69, 9.17) is 4.74 Å². The highest BCUT2D eigenvalue weighted by Crippen LogP contribution is 2.22. The number of halogens is 1. The normalized spacial score (nSPS) is 20.2. The molecular formula is C10H15ClN2O. The van der Waals surface area contributed by atoms with Crippen molar-refractivity contribution in [1.29, 1.82) is 0 Å². The van der Waals surface area contributed by atoms with Crippen LogP contribution in [0.2, 0.25) is 0 Å². The van der Waals surface area contributed by atoms with E-state index in [1.165, 1.54) is 18.4 Å². The Kier molecular flexibility index (Phi) is 4.17. The first-order valence-electron chi connectivity index (χ1n) is 4.63. The van der Waals surface area contributed by atoms with Crippen LogP contribution in [0.25, 0.3) is 0 Å². The molecular weight excluding hydrogens is 200 g/mol. The fourth-order valence-corrected chi connectivity index (χ4v) is 1.69. The molecule has 0 amide bonds. The Labute approximate surface area is 90.3 Å². The number of rotatable bonds is 2. The second kappa shape index (κ2) is 5.17. The average Bonchev–Trinajstić information content (AvgIpc) is 2.71. The van der Waals surface area contributed by atoms with E-state index < -0.39 is 0 Å². The zero-order chi connectivity index (χ0) is 9.10. The minimum atomic E-state index is 0. The number of aromatic nitrogens is 1. The molecule has 1 saturated heterocycles. The summed E-state index contributed by atoms with van der Waals surface area (Å²) in [5, 5.41) is 3.43. The van der Waals surface area contributed by atoms with Crippen LogP contribution in [-0.4, -0.2) is 18.6 Å². The van der Waals surface area contributed by atoms with Gasteiger partial charge in [0.05, 0.1) is 7.11 Å². The Balaban J connectivity index is 0.000000980. The summed E-state index contributed by atoms with van der Waals surface area (Å²) in [6.45, 7) is 1.12. The van der Waals surface area contributed by atoms with Crippen molar-refractivity contribution in [2.45, 2.75) is 18.9 Å². The van der Waals surface area contributed by atoms with Crippen molar-refractivity contribution < 1.29 is 4.74 Å². The molecule has 14 heavy (non-hydrogen) atoms. The first kappa shape index (κ1) is 11.3. The van der Waals surface area contributed by atoms with Gasteiger partial charge in [-0.05, 0) is 24.9 Å². The molecule has 1 aliphatic rings. The van der Waals surface area contributed by atoms with Crippen LogP contribution >= 0.6 is 12.4 Å². The number of hydrogen-bond donors (Lipinski definition) is 1. The topological polar surface area (TPSA) is 34.1 Å². The summed E-state index contributed by atoms with van der Waals surface area (Å²) in [5.41, 5.74) is 1.26. The summed E-state index contributed by atoms with van der Waals surface area (Å²) in [4.78, 5) is 4.18. The molecule has 1 aliphatic heterocycles. The molecule has 1 fully saturated rings. The quantitative estimate of drug-likeness (QED) is 0.817. The van der Waals surface area contributed by atoms with Crippen LogP contribution < -0.4 is 10.1 Å². The van der Waals surface area contributed by atoms with Crippen molar-refractivity contribution in [1.82, 2.24) is 10.3 Å². The third-order valence-electron chi connectivity index (χ3n) is 2.43. The molecule has 2 rings (SSSR count). The molecule has 0 saturated carbocycles. The highest BCUT2D eigenvalue weighted by Gasteiger charge is 2.15. The summed E-state index contributed by atoms with van der Waals surface area (Å²) < 4.78 is 5.00. The SMILES string of the molecule is COc1ccc([C@@H]2CCCN2)cn1.Cl. The third-order valence-corrected chi connectivity index (χ3v) is 2.43. The van der Waals surface area contributed by atoms with Gasteiger partial charge in [0, 0.05) is 18.3 Å². The molecule has 0 bridgehead atoms. The largest absolute Gasteiger partial charge is 0.481 e. The van der Waals surface area contributed by atoms with E-state index in [0.29, 0.717) is 11.9 Å². The molecule has 0 spiro atoms. The van der Waals surface area contributed by atoms with Gasteiger partial charge in [-0.1, -0.05) is 6.07 Å². The van der Waals surface area contributed by atoms with Gasteiger partial charge < -0.3 is 10.1 Å². The number of nitrogens with one attached hydrogen (secondary N) is 1. The molecule has 3 nitrogen and oxygen atoms in total. The Morgan fingerprint density at radius 1 is 1.50 bits per heavy atom. The first-order chi connectivity index (χ1) is 6.40. The summed E-state index contributed by atoms with van der Waals surface area (Å²) in [6.07, 6.45) is 4.37. The van der Waals surface area contributed by atoms with Gasteiger partial charge in [-0.25, -0.2) is 4.98 Å². The molecule has 0 radical (unpaired) electrons. The molecule has 0 unspecified atom stereocenters. The van der Waals surface area contributed by atoms with Crippen molar-refractivity contribution >= 4 is 12.4 Å². The number of pyridine rings is 1. The van der Waals surface area contributed by atoms with Crippen LogP contribution in [0.1, 0.15) is 24.4 Å². The second-order valence-electron chi connectivity index (χ2n) is 3.28. The minimum Gasteiger partial charge on any atom is -0.481 e. The summed E-state index contributed by atoms with van der Waals surface area (Å²) in [7, 11) is 1.63. The summed E-state index contributed by atoms with van der Waals surface area (Å²) in [5.74, 6) is 0.682. The molecule has 0 aliphatic carbocycles. The lowest BCUT2D eigenvalue weighted by Crippen LogP contribution is -2.12. The fraction of sp³-hybridized carbons (Fsp3) is 0.500. The van der Waals surface area contributed by atoms with Gasteiger partial charge in [0.2, 0.25) is 5.88 Å². The molecule has 1 aromatic rings. The zero-order valence-electron chi connectivity index (χ0n) is 8.19. The maximum Gasteiger partial charge on any atom is 0.212 e. The summed E-state index contributed by atoms with van der Waals surface area (Å²) >= 11 is 0. The van der Waals surface area contributed by atoms with Crippen LogP contribution in [0, 0.1) is 0 Å². The van der Waals surface area contributed by atoms with Crippen molar-refractivity contribution in [3.8, 4) is 5.88 Å². The van der Waals surface area contributed by atoms with E-state index in [2.05, 4.69) is 16.4 Å². The highest BCUT2D eigenvalue weighted by atomic mass is 35.5. The Morgan fingerprint density at radius 3 is 2.86 bits per heavy atom. The van der Waals surface area contributed by atoms with E-state index in [-0.39, 0.29) is 12.4 Å². The lowest BCUT2D eigenvalue weighted by Gasteiger charge is -2.09. The number of hydrogen-bond acceptors (Lipinski definition) is 3. The van der Waals surface area contributed by atoms with Gasteiger partial charge in [0.25, 0.3) is 0 Å². The predicted octanol–water partition coefficient (Wildman–Crippen LogP) is 1.94. The monoisotopic (exact) mass is 214 g/mol. The van der Waals surface area contributed by atoms with Crippen molar-refractivity contribution in [2.75, 3.05) is 13.7 Å². The molecule has 0 aromatic carbocycles. The maximum absolute atomic E-state index is 5.00. The Hall–Kier alpha value is -0.800. The van der Waals surface area contributed by atoms with E-state index in [1.807, 2.05) is 12.3 Å². The van der Waals surface area contributed by atoms with Gasteiger partial charge in [-0.15, -0.1) is 12.4 Å². The van der Waals surface area contributed by atoms with Crippen molar-refractivity contribution in [2.24, 2.45) is 0 Å². The molecule has 1 N–H and O–H groups in total. The lowest BCUT2D eigenvalue weighted by molar-refractivity contribution is 0.397. The maximum atomic E-state index is 5.00. The minimum absolute atomic E-state index is 0. The van der Waals surface area contributed by atoms with Gasteiger partial charge >= 0.3 is 0 Å². The van der Waals surface area contributed by atoms with E-state index in [0.717, 1.165) is 6.54 Å². The molecule has 78 valence electrons. The highest BCUT2D eigenvalue weighted by molar-refractivity contribution is 5.85. The van der Waals surface area contributed by atoms with Gasteiger partial charge in [0.15, 0.2) is 0 Å². The number of ether oxygens (including phenoxy) is 1. The number of methoxy groups -OCH3 is 1. The molecule has 1 aromatic heterocycles. The van der Waals surface area contributed by atoms with E-state index in [9.17, 15) is 0 Å². The first-order valence-corrected chi connectivity index (χ1v) is 4.63. The number of nitrogens with zero attached hydrogens (tertiary/aromatic N) is 1. The van der Waals surface area contributed by atoms with Crippen LogP contribution in [0.5, 0.6) is 5.88 Å². The van der Waals surface area contributed by atoms with Gasteiger partial charge in [-0.3, -0.25) is 0 Å². The van der Waals surface area contributed by atoms with Crippen molar-refractivity contribution in [3.63, 3.8) is 0 Å². The smallest absolute Gasteiger partial charge is 0.212 e. The van der Waals surface area contributed by atoms with Gasteiger partial charge in [-0.2, -0.15) is 0 Å². The summed E-state index contributed by atoms with van der Waals surface area (Å²) in [6, 6.07) is 4.49. The average molecular weight is 215 g/mol. The third kappa shape index (κ3) is 2.36. The molecule has 2 heterocycles. The lowest BCUT2D eigenvalue weighted by atomic mass is 10.1. The van der Waals surface area contributed by atoms with E-state index in [1.54, 1.807) is 7.11 Å². The molecule has 4 heteroatoms. The van der Waals surface area contributed by atoms with Gasteiger partial charge in [0.1, 0.15) is 0 Å². The molecule has 1 atom stereocenters. The standard InChI is InChI=1S/C10H14N2O.ClH/c1-13-10-5-4-8(7-12-10)9-3-2-6-11-9;/h4-5,7,9,11H,2-3,6H2,1H3;1H/t9-;/m0./s1. The van der Waals surface area contributed by atoms with Crippen molar-refractivity contribution in [3.05, 3.63) is 23.9 Å².